The predicted molar refractivity (Wildman–Crippen MR) is 62.7 cm³/mol. The lowest BCUT2D eigenvalue weighted by atomic mass is 9.94. The zero-order chi connectivity index (χ0) is 13.0. The Morgan fingerprint density at radius 3 is 2.94 bits per heavy atom. The van der Waals surface area contributed by atoms with Crippen molar-refractivity contribution in [3.63, 3.8) is 0 Å². The molecule has 18 heavy (non-hydrogen) atoms. The molecule has 7 nitrogen and oxygen atoms in total. The summed E-state index contributed by atoms with van der Waals surface area (Å²) in [5.41, 5.74) is -0.851. The van der Waals surface area contributed by atoms with Crippen molar-refractivity contribution in [2.45, 2.75) is 31.4 Å². The van der Waals surface area contributed by atoms with Crippen molar-refractivity contribution in [3.05, 3.63) is 12.7 Å². The van der Waals surface area contributed by atoms with Gasteiger partial charge in [-0.2, -0.15) is 5.10 Å². The first kappa shape index (κ1) is 13.0. The van der Waals surface area contributed by atoms with Crippen LogP contribution >= 0.6 is 0 Å². The van der Waals surface area contributed by atoms with Crippen molar-refractivity contribution in [2.24, 2.45) is 0 Å². The zero-order valence-corrected chi connectivity index (χ0v) is 10.4. The topological polar surface area (TPSA) is 89.3 Å². The van der Waals surface area contributed by atoms with Crippen LogP contribution in [0.15, 0.2) is 12.7 Å². The van der Waals surface area contributed by atoms with E-state index in [9.17, 15) is 9.90 Å². The summed E-state index contributed by atoms with van der Waals surface area (Å²) in [5.74, 6) is -0.180. The van der Waals surface area contributed by atoms with Crippen LogP contribution in [0.5, 0.6) is 0 Å². The van der Waals surface area contributed by atoms with Crippen LogP contribution in [0.3, 0.4) is 0 Å². The molecule has 1 saturated heterocycles. The highest BCUT2D eigenvalue weighted by molar-refractivity contribution is 5.79. The van der Waals surface area contributed by atoms with Gasteiger partial charge in [-0.15, -0.1) is 0 Å². The third-order valence-corrected chi connectivity index (χ3v) is 3.23. The first-order valence-electron chi connectivity index (χ1n) is 6.03. The number of hydrogen-bond acceptors (Lipinski definition) is 5. The highest BCUT2D eigenvalue weighted by atomic mass is 16.5. The summed E-state index contributed by atoms with van der Waals surface area (Å²) in [6.07, 6.45) is 3.97. The molecule has 1 aliphatic rings. The van der Waals surface area contributed by atoms with E-state index < -0.39 is 11.6 Å². The Labute approximate surface area is 105 Å². The molecule has 1 amide bonds. The minimum absolute atomic E-state index is 0.180. The van der Waals surface area contributed by atoms with Gasteiger partial charge in [0, 0.05) is 32.6 Å². The van der Waals surface area contributed by atoms with E-state index in [0.717, 1.165) is 0 Å². The molecule has 2 heterocycles. The van der Waals surface area contributed by atoms with Crippen molar-refractivity contribution >= 4 is 5.91 Å². The van der Waals surface area contributed by atoms with Gasteiger partial charge in [-0.3, -0.25) is 4.79 Å². The van der Waals surface area contributed by atoms with Crippen LogP contribution in [0.25, 0.3) is 0 Å². The fourth-order valence-corrected chi connectivity index (χ4v) is 1.86. The normalized spacial score (nSPS) is 20.3. The molecular formula is C11H18N4O3. The molecule has 0 bridgehead atoms. The third-order valence-electron chi connectivity index (χ3n) is 3.23. The van der Waals surface area contributed by atoms with Crippen molar-refractivity contribution in [1.29, 1.82) is 0 Å². The lowest BCUT2D eigenvalue weighted by Gasteiger charge is -2.32. The zero-order valence-electron chi connectivity index (χ0n) is 10.4. The van der Waals surface area contributed by atoms with E-state index in [4.69, 9.17) is 4.74 Å². The second-order valence-corrected chi connectivity index (χ2v) is 4.61. The lowest BCUT2D eigenvalue weighted by Crippen LogP contribution is -2.47. The maximum atomic E-state index is 11.9. The third kappa shape index (κ3) is 3.05. The van der Waals surface area contributed by atoms with E-state index in [-0.39, 0.29) is 12.5 Å². The van der Waals surface area contributed by atoms with Gasteiger partial charge < -0.3 is 15.2 Å². The minimum Gasteiger partial charge on any atom is -0.388 e. The van der Waals surface area contributed by atoms with E-state index >= 15 is 0 Å². The molecule has 100 valence electrons. The predicted octanol–water partition coefficient (Wildman–Crippen LogP) is -0.503. The summed E-state index contributed by atoms with van der Waals surface area (Å²) in [5, 5.41) is 16.9. The Morgan fingerprint density at radius 1 is 1.61 bits per heavy atom. The van der Waals surface area contributed by atoms with Crippen LogP contribution in [0.2, 0.25) is 0 Å². The molecule has 1 aliphatic heterocycles. The van der Waals surface area contributed by atoms with Gasteiger partial charge in [-0.05, 0) is 6.92 Å². The van der Waals surface area contributed by atoms with Gasteiger partial charge in [-0.1, -0.05) is 0 Å². The second kappa shape index (κ2) is 5.45. The van der Waals surface area contributed by atoms with Crippen LogP contribution in [-0.4, -0.2) is 51.1 Å². The Hall–Kier alpha value is -1.47. The van der Waals surface area contributed by atoms with Crippen LogP contribution in [0.1, 0.15) is 25.8 Å². The monoisotopic (exact) mass is 254 g/mol. The number of ether oxygens (including phenoxy) is 1. The minimum atomic E-state index is -0.851. The first-order chi connectivity index (χ1) is 8.61. The number of rotatable bonds is 4. The fourth-order valence-electron chi connectivity index (χ4n) is 1.86. The molecule has 2 rings (SSSR count). The molecular weight excluding hydrogens is 236 g/mol. The molecule has 1 unspecified atom stereocenters. The van der Waals surface area contributed by atoms with Gasteiger partial charge in [0.15, 0.2) is 0 Å². The molecule has 0 radical (unpaired) electrons. The van der Waals surface area contributed by atoms with Gasteiger partial charge >= 0.3 is 0 Å². The maximum absolute atomic E-state index is 11.9. The average Bonchev–Trinajstić information content (AvgIpc) is 2.90. The van der Waals surface area contributed by atoms with Crippen LogP contribution in [0, 0.1) is 0 Å². The summed E-state index contributed by atoms with van der Waals surface area (Å²) in [4.78, 5) is 15.7. The van der Waals surface area contributed by atoms with Gasteiger partial charge in [0.1, 0.15) is 18.7 Å². The number of aromatic nitrogens is 3. The smallest absolute Gasteiger partial charge is 0.244 e. The molecule has 0 aromatic carbocycles. The largest absolute Gasteiger partial charge is 0.388 e. The SMILES string of the molecule is CC(C(=O)NCC1(O)CCOCC1)n1cncn1. The highest BCUT2D eigenvalue weighted by Gasteiger charge is 2.30. The number of nitrogens with one attached hydrogen (secondary N) is 1. The Bertz CT molecular complexity index is 387. The number of amides is 1. The standard InChI is InChI=1S/C11H18N4O3/c1-9(15-8-12-7-14-15)10(16)13-6-11(17)2-4-18-5-3-11/h7-9,17H,2-6H2,1H3,(H,13,16). The summed E-state index contributed by atoms with van der Waals surface area (Å²) in [6, 6.07) is -0.434. The first-order valence-corrected chi connectivity index (χ1v) is 6.03. The number of carbonyl (C=O) groups is 1. The van der Waals surface area contributed by atoms with E-state index in [1.807, 2.05) is 0 Å². The van der Waals surface area contributed by atoms with E-state index in [2.05, 4.69) is 15.4 Å². The quantitative estimate of drug-likeness (QED) is 0.756. The number of hydrogen-bond donors (Lipinski definition) is 2. The summed E-state index contributed by atoms with van der Waals surface area (Å²) >= 11 is 0. The molecule has 2 N–H and O–H groups in total. The Balaban J connectivity index is 1.84. The molecule has 1 fully saturated rings. The summed E-state index contributed by atoms with van der Waals surface area (Å²) < 4.78 is 6.66. The van der Waals surface area contributed by atoms with Crippen LogP contribution in [-0.2, 0) is 9.53 Å². The van der Waals surface area contributed by atoms with Gasteiger partial charge in [-0.25, -0.2) is 9.67 Å². The van der Waals surface area contributed by atoms with Gasteiger partial charge in [0.05, 0.1) is 5.60 Å². The number of nitrogens with zero attached hydrogens (tertiary/aromatic N) is 3. The van der Waals surface area contributed by atoms with Crippen LogP contribution < -0.4 is 5.32 Å². The molecule has 0 spiro atoms. The van der Waals surface area contributed by atoms with Crippen molar-refractivity contribution in [1.82, 2.24) is 20.1 Å². The lowest BCUT2D eigenvalue weighted by molar-refractivity contribution is -0.126. The highest BCUT2D eigenvalue weighted by Crippen LogP contribution is 2.19. The van der Waals surface area contributed by atoms with Crippen molar-refractivity contribution < 1.29 is 14.6 Å². The number of aliphatic hydroxyl groups is 1. The summed E-state index contributed by atoms with van der Waals surface area (Å²) in [7, 11) is 0. The Morgan fingerprint density at radius 2 is 2.33 bits per heavy atom. The van der Waals surface area contributed by atoms with Crippen molar-refractivity contribution in [2.75, 3.05) is 19.8 Å². The van der Waals surface area contributed by atoms with E-state index in [1.165, 1.54) is 17.3 Å². The molecule has 0 aliphatic carbocycles. The van der Waals surface area contributed by atoms with Gasteiger partial charge in [0.25, 0.3) is 0 Å². The molecule has 1 aromatic heterocycles. The number of carbonyl (C=O) groups excluding carboxylic acids is 1. The second-order valence-electron chi connectivity index (χ2n) is 4.61. The van der Waals surface area contributed by atoms with Gasteiger partial charge in [0.2, 0.25) is 5.91 Å². The Kier molecular flexibility index (Phi) is 3.93. The van der Waals surface area contributed by atoms with Crippen LogP contribution in [0.4, 0.5) is 0 Å². The average molecular weight is 254 g/mol. The molecule has 1 aromatic rings. The van der Waals surface area contributed by atoms with Crippen molar-refractivity contribution in [3.8, 4) is 0 Å². The fraction of sp³-hybridized carbons (Fsp3) is 0.727. The van der Waals surface area contributed by atoms with E-state index in [0.29, 0.717) is 26.1 Å². The molecule has 7 heteroatoms. The molecule has 1 atom stereocenters. The molecule has 0 saturated carbocycles. The summed E-state index contributed by atoms with van der Waals surface area (Å²) in [6.45, 7) is 3.04. The van der Waals surface area contributed by atoms with E-state index in [1.54, 1.807) is 6.92 Å². The maximum Gasteiger partial charge on any atom is 0.244 e.